The van der Waals surface area contributed by atoms with Crippen LogP contribution in [-0.4, -0.2) is 37.9 Å². The molecule has 0 aliphatic carbocycles. The van der Waals surface area contributed by atoms with Gasteiger partial charge in [-0.3, -0.25) is 0 Å². The maximum absolute atomic E-state index is 12.0. The topological polar surface area (TPSA) is 125 Å². The van der Waals surface area contributed by atoms with Gasteiger partial charge in [-0.15, -0.1) is 10.2 Å². The van der Waals surface area contributed by atoms with Crippen LogP contribution >= 0.6 is 0 Å². The first-order chi connectivity index (χ1) is 11.5. The number of carbonyl (C=O) groups excluding carboxylic acids is 1. The van der Waals surface area contributed by atoms with E-state index in [1.165, 1.54) is 22.7 Å². The molecule has 2 N–H and O–H groups in total. The van der Waals surface area contributed by atoms with Crippen molar-refractivity contribution >= 4 is 11.7 Å². The van der Waals surface area contributed by atoms with Crippen LogP contribution in [0.2, 0.25) is 0 Å². The Kier molecular flexibility index (Phi) is 3.71. The normalized spacial score (nSPS) is 10.4. The molecule has 0 aliphatic rings. The molecule has 9 nitrogen and oxygen atoms in total. The minimum absolute atomic E-state index is 0.0871. The van der Waals surface area contributed by atoms with Gasteiger partial charge in [0.2, 0.25) is 5.82 Å². The lowest BCUT2D eigenvalue weighted by molar-refractivity contribution is 0.0593. The van der Waals surface area contributed by atoms with E-state index in [0.29, 0.717) is 11.5 Å². The van der Waals surface area contributed by atoms with Crippen molar-refractivity contribution in [2.24, 2.45) is 7.05 Å². The second-order valence-electron chi connectivity index (χ2n) is 4.93. The molecular weight excluding hydrogens is 310 g/mol. The molecule has 0 amide bonds. The van der Waals surface area contributed by atoms with Crippen LogP contribution in [0.15, 0.2) is 30.5 Å². The highest BCUT2D eigenvalue weighted by Gasteiger charge is 2.21. The molecule has 0 atom stereocenters. The zero-order valence-electron chi connectivity index (χ0n) is 13.0. The maximum atomic E-state index is 12.0. The summed E-state index contributed by atoms with van der Waals surface area (Å²) in [6, 6.07) is 9.06. The average molecular weight is 323 g/mol. The summed E-state index contributed by atoms with van der Waals surface area (Å²) in [5.74, 6) is -0.129. The fourth-order valence-corrected chi connectivity index (χ4v) is 2.29. The summed E-state index contributed by atoms with van der Waals surface area (Å²) in [6.45, 7) is 0. The molecule has 0 bridgehead atoms. The van der Waals surface area contributed by atoms with E-state index in [9.17, 15) is 4.79 Å². The number of nitrogen functional groups attached to an aromatic ring is 1. The first-order valence-corrected chi connectivity index (χ1v) is 6.89. The number of rotatable bonds is 3. The number of aryl methyl sites for hydroxylation is 1. The number of ether oxygens (including phenoxy) is 1. The van der Waals surface area contributed by atoms with Gasteiger partial charge in [-0.05, 0) is 29.5 Å². The molecule has 0 saturated carbocycles. The van der Waals surface area contributed by atoms with Gasteiger partial charge in [0.1, 0.15) is 6.07 Å². The lowest BCUT2D eigenvalue weighted by Crippen LogP contribution is -2.11. The molecule has 3 rings (SSSR count). The summed E-state index contributed by atoms with van der Waals surface area (Å²) in [4.78, 5) is 13.4. The van der Waals surface area contributed by atoms with Crippen molar-refractivity contribution in [2.75, 3.05) is 12.8 Å². The number of benzene rings is 1. The number of nitrogens with zero attached hydrogens (tertiary/aromatic N) is 6. The van der Waals surface area contributed by atoms with Crippen molar-refractivity contribution in [1.82, 2.24) is 24.8 Å². The Hall–Kier alpha value is -3.67. The van der Waals surface area contributed by atoms with E-state index >= 15 is 0 Å². The van der Waals surface area contributed by atoms with E-state index in [-0.39, 0.29) is 16.9 Å². The van der Waals surface area contributed by atoms with Crippen LogP contribution in [0.1, 0.15) is 16.1 Å². The monoisotopic (exact) mass is 323 g/mol. The summed E-state index contributed by atoms with van der Waals surface area (Å²) in [7, 11) is 2.94. The molecule has 120 valence electrons. The Bertz CT molecular complexity index is 947. The van der Waals surface area contributed by atoms with Crippen molar-refractivity contribution in [1.29, 1.82) is 5.26 Å². The minimum Gasteiger partial charge on any atom is -0.464 e. The summed E-state index contributed by atoms with van der Waals surface area (Å²) in [6.07, 6.45) is 1.50. The highest BCUT2D eigenvalue weighted by atomic mass is 16.5. The Morgan fingerprint density at radius 1 is 1.33 bits per heavy atom. The number of anilines is 1. The number of hydrogen-bond acceptors (Lipinski definition) is 7. The summed E-state index contributed by atoms with van der Waals surface area (Å²) < 4.78 is 6.27. The molecule has 0 saturated heterocycles. The zero-order valence-corrected chi connectivity index (χ0v) is 13.0. The third-order valence-electron chi connectivity index (χ3n) is 3.46. The lowest BCUT2D eigenvalue weighted by Gasteiger charge is -2.08. The molecule has 0 fully saturated rings. The molecular formula is C15H13N7O2. The van der Waals surface area contributed by atoms with Gasteiger partial charge < -0.3 is 15.0 Å². The SMILES string of the molecule is COC(=O)c1c(N)c(C#N)cn1-c1ccc(-c2nnn(C)n2)cc1. The van der Waals surface area contributed by atoms with Gasteiger partial charge in [0.25, 0.3) is 0 Å². The number of esters is 1. The van der Waals surface area contributed by atoms with E-state index in [0.717, 1.165) is 5.56 Å². The van der Waals surface area contributed by atoms with Crippen LogP contribution in [-0.2, 0) is 11.8 Å². The fourth-order valence-electron chi connectivity index (χ4n) is 2.29. The average Bonchev–Trinajstić information content (AvgIpc) is 3.17. The van der Waals surface area contributed by atoms with E-state index in [4.69, 9.17) is 15.7 Å². The van der Waals surface area contributed by atoms with Crippen molar-refractivity contribution in [3.63, 3.8) is 0 Å². The predicted molar refractivity (Wildman–Crippen MR) is 84.0 cm³/mol. The smallest absolute Gasteiger partial charge is 0.357 e. The first kappa shape index (κ1) is 15.2. The molecule has 9 heteroatoms. The Labute approximate surface area is 136 Å². The van der Waals surface area contributed by atoms with Crippen molar-refractivity contribution in [2.45, 2.75) is 0 Å². The third-order valence-corrected chi connectivity index (χ3v) is 3.46. The molecule has 1 aromatic carbocycles. The first-order valence-electron chi connectivity index (χ1n) is 6.89. The molecule has 0 radical (unpaired) electrons. The van der Waals surface area contributed by atoms with Crippen LogP contribution < -0.4 is 5.73 Å². The summed E-state index contributed by atoms with van der Waals surface area (Å²) in [5.41, 5.74) is 7.70. The van der Waals surface area contributed by atoms with E-state index in [2.05, 4.69) is 15.4 Å². The number of methoxy groups -OCH3 is 1. The molecule has 0 unspecified atom stereocenters. The number of carbonyl (C=O) groups is 1. The third kappa shape index (κ3) is 2.46. The van der Waals surface area contributed by atoms with Crippen molar-refractivity contribution in [3.05, 3.63) is 41.7 Å². The van der Waals surface area contributed by atoms with Gasteiger partial charge in [-0.25, -0.2) is 4.79 Å². The van der Waals surface area contributed by atoms with Crippen LogP contribution in [0.25, 0.3) is 17.1 Å². The fraction of sp³-hybridized carbons (Fsp3) is 0.133. The largest absolute Gasteiger partial charge is 0.464 e. The second kappa shape index (κ2) is 5.85. The number of hydrogen-bond donors (Lipinski definition) is 1. The van der Waals surface area contributed by atoms with Crippen molar-refractivity contribution < 1.29 is 9.53 Å². The molecule has 0 aliphatic heterocycles. The second-order valence-corrected chi connectivity index (χ2v) is 4.93. The molecule has 24 heavy (non-hydrogen) atoms. The highest BCUT2D eigenvalue weighted by molar-refractivity contribution is 5.95. The summed E-state index contributed by atoms with van der Waals surface area (Å²) >= 11 is 0. The number of tetrazole rings is 1. The molecule has 2 aromatic heterocycles. The quantitative estimate of drug-likeness (QED) is 0.710. The lowest BCUT2D eigenvalue weighted by atomic mass is 10.2. The number of nitrogens with two attached hydrogens (primary N) is 1. The maximum Gasteiger partial charge on any atom is 0.357 e. The predicted octanol–water partition coefficient (Wildman–Crippen LogP) is 0.908. The zero-order chi connectivity index (χ0) is 17.3. The van der Waals surface area contributed by atoms with Gasteiger partial charge >= 0.3 is 5.97 Å². The van der Waals surface area contributed by atoms with E-state index in [1.54, 1.807) is 31.3 Å². The Morgan fingerprint density at radius 2 is 2.04 bits per heavy atom. The highest BCUT2D eigenvalue weighted by Crippen LogP contribution is 2.25. The summed E-state index contributed by atoms with van der Waals surface area (Å²) in [5, 5.41) is 21.0. The number of nitriles is 1. The van der Waals surface area contributed by atoms with Gasteiger partial charge in [-0.2, -0.15) is 10.1 Å². The van der Waals surface area contributed by atoms with Gasteiger partial charge in [0, 0.05) is 17.4 Å². The standard InChI is InChI=1S/C15H13N7O2/c1-21-19-14(18-20-21)9-3-5-11(6-4-9)22-8-10(7-16)12(17)13(22)15(23)24-2/h3-6,8H,17H2,1-2H3. The van der Waals surface area contributed by atoms with E-state index in [1.807, 2.05) is 6.07 Å². The number of aromatic nitrogens is 5. The van der Waals surface area contributed by atoms with Crippen LogP contribution in [0, 0.1) is 11.3 Å². The van der Waals surface area contributed by atoms with Crippen LogP contribution in [0.5, 0.6) is 0 Å². The van der Waals surface area contributed by atoms with E-state index < -0.39 is 5.97 Å². The van der Waals surface area contributed by atoms with Gasteiger partial charge in [0.15, 0.2) is 5.69 Å². The van der Waals surface area contributed by atoms with Gasteiger partial charge in [-0.1, -0.05) is 0 Å². The van der Waals surface area contributed by atoms with Crippen LogP contribution in [0.3, 0.4) is 0 Å². The Balaban J connectivity index is 2.06. The molecule has 0 spiro atoms. The minimum atomic E-state index is -0.617. The molecule has 3 aromatic rings. The van der Waals surface area contributed by atoms with Gasteiger partial charge in [0.05, 0.1) is 25.4 Å². The van der Waals surface area contributed by atoms with Crippen LogP contribution in [0.4, 0.5) is 5.69 Å². The van der Waals surface area contributed by atoms with Crippen molar-refractivity contribution in [3.8, 4) is 23.1 Å². The Morgan fingerprint density at radius 3 is 2.58 bits per heavy atom. The molecule has 2 heterocycles.